The molecule has 0 amide bonds. The highest BCUT2D eigenvalue weighted by atomic mass is 16.5. The predicted octanol–water partition coefficient (Wildman–Crippen LogP) is 2.29. The zero-order chi connectivity index (χ0) is 13.3. The van der Waals surface area contributed by atoms with Crippen molar-refractivity contribution in [2.24, 2.45) is 11.7 Å². The van der Waals surface area contributed by atoms with E-state index in [-0.39, 0.29) is 17.1 Å². The van der Waals surface area contributed by atoms with Gasteiger partial charge in [0.2, 0.25) is 0 Å². The van der Waals surface area contributed by atoms with E-state index >= 15 is 0 Å². The third-order valence-electron chi connectivity index (χ3n) is 4.60. The maximum Gasteiger partial charge on any atom is 0.166 e. The monoisotopic (exact) mass is 259 g/mol. The van der Waals surface area contributed by atoms with Crippen LogP contribution in [-0.2, 0) is 10.2 Å². The van der Waals surface area contributed by atoms with E-state index in [0.29, 0.717) is 19.8 Å². The zero-order valence-electron chi connectivity index (χ0n) is 11.2. The van der Waals surface area contributed by atoms with E-state index < -0.39 is 0 Å². The number of hydrogen-bond donors (Lipinski definition) is 1. The molecule has 0 unspecified atom stereocenters. The van der Waals surface area contributed by atoms with Crippen LogP contribution in [0.3, 0.4) is 0 Å². The van der Waals surface area contributed by atoms with Gasteiger partial charge < -0.3 is 10.5 Å². The molecule has 102 valence electrons. The minimum Gasteiger partial charge on any atom is -0.381 e. The van der Waals surface area contributed by atoms with Crippen LogP contribution < -0.4 is 5.73 Å². The number of benzene rings is 1. The molecule has 3 nitrogen and oxygen atoms in total. The summed E-state index contributed by atoms with van der Waals surface area (Å²) < 4.78 is 5.32. The molecule has 1 aromatic rings. The minimum atomic E-state index is 0.136. The van der Waals surface area contributed by atoms with E-state index in [1.807, 2.05) is 12.1 Å². The molecule has 0 spiro atoms. The quantitative estimate of drug-likeness (QED) is 0.844. The zero-order valence-corrected chi connectivity index (χ0v) is 11.2. The van der Waals surface area contributed by atoms with Crippen molar-refractivity contribution in [2.75, 3.05) is 19.8 Å². The van der Waals surface area contributed by atoms with E-state index in [4.69, 9.17) is 10.5 Å². The number of ether oxygens (including phenoxy) is 1. The number of carbonyl (C=O) groups excluding carboxylic acids is 1. The van der Waals surface area contributed by atoms with Crippen LogP contribution in [0.2, 0.25) is 0 Å². The minimum absolute atomic E-state index is 0.136. The fraction of sp³-hybridized carbons (Fsp3) is 0.562. The molecule has 1 aromatic carbocycles. The molecule has 3 heteroatoms. The number of rotatable bonds is 4. The Morgan fingerprint density at radius 2 is 2.05 bits per heavy atom. The lowest BCUT2D eigenvalue weighted by Gasteiger charge is -2.21. The summed E-state index contributed by atoms with van der Waals surface area (Å²) in [5, 5.41) is 0. The summed E-state index contributed by atoms with van der Waals surface area (Å²) in [7, 11) is 0. The van der Waals surface area contributed by atoms with Crippen LogP contribution in [0.4, 0.5) is 0 Å². The first kappa shape index (κ1) is 12.8. The first-order chi connectivity index (χ1) is 9.25. The van der Waals surface area contributed by atoms with Crippen LogP contribution in [0.1, 0.15) is 41.6 Å². The summed E-state index contributed by atoms with van der Waals surface area (Å²) in [6, 6.07) is 8.11. The normalized spacial score (nSPS) is 22.2. The van der Waals surface area contributed by atoms with Gasteiger partial charge in [-0.2, -0.15) is 0 Å². The highest BCUT2D eigenvalue weighted by molar-refractivity contribution is 5.98. The van der Waals surface area contributed by atoms with E-state index in [0.717, 1.165) is 31.2 Å². The van der Waals surface area contributed by atoms with E-state index in [2.05, 4.69) is 12.1 Å². The summed E-state index contributed by atoms with van der Waals surface area (Å²) in [5.74, 6) is 0.412. The van der Waals surface area contributed by atoms with Crippen LogP contribution in [0.5, 0.6) is 0 Å². The Balaban J connectivity index is 1.81. The first-order valence-electron chi connectivity index (χ1n) is 7.18. The van der Waals surface area contributed by atoms with Crippen LogP contribution in [0, 0.1) is 5.92 Å². The second-order valence-electron chi connectivity index (χ2n) is 5.82. The molecule has 2 fully saturated rings. The van der Waals surface area contributed by atoms with E-state index in [1.54, 1.807) is 0 Å². The lowest BCUT2D eigenvalue weighted by Crippen LogP contribution is -2.24. The van der Waals surface area contributed by atoms with E-state index in [1.165, 1.54) is 5.56 Å². The first-order valence-corrected chi connectivity index (χ1v) is 7.18. The number of nitrogens with two attached hydrogens (primary N) is 1. The van der Waals surface area contributed by atoms with Gasteiger partial charge in [0, 0.05) is 36.7 Å². The Labute approximate surface area is 114 Å². The predicted molar refractivity (Wildman–Crippen MR) is 74.3 cm³/mol. The Morgan fingerprint density at radius 3 is 2.68 bits per heavy atom. The van der Waals surface area contributed by atoms with E-state index in [9.17, 15) is 4.79 Å². The topological polar surface area (TPSA) is 52.3 Å². The van der Waals surface area contributed by atoms with Crippen LogP contribution >= 0.6 is 0 Å². The molecule has 1 saturated carbocycles. The second kappa shape index (κ2) is 5.06. The van der Waals surface area contributed by atoms with Gasteiger partial charge >= 0.3 is 0 Å². The lowest BCUT2D eigenvalue weighted by molar-refractivity contribution is 0.0545. The molecular formula is C16H21NO2. The standard InChI is InChI=1S/C16H21NO2/c17-11-16(6-7-16)14-3-1-2-13(10-14)15(18)12-4-8-19-9-5-12/h1-3,10,12H,4-9,11,17H2. The summed E-state index contributed by atoms with van der Waals surface area (Å²) in [6.45, 7) is 2.10. The van der Waals surface area contributed by atoms with Crippen molar-refractivity contribution < 1.29 is 9.53 Å². The molecule has 0 aromatic heterocycles. The van der Waals surface area contributed by atoms with Gasteiger partial charge in [-0.25, -0.2) is 0 Å². The average Bonchev–Trinajstić information content (AvgIpc) is 3.29. The highest BCUT2D eigenvalue weighted by Crippen LogP contribution is 2.47. The number of Topliss-reactive ketones (excluding diaryl/α,β-unsaturated/α-hetero) is 1. The SMILES string of the molecule is NCC1(c2cccc(C(=O)C3CCOCC3)c2)CC1. The molecule has 2 aliphatic rings. The third-order valence-corrected chi connectivity index (χ3v) is 4.60. The molecule has 2 N–H and O–H groups in total. The fourth-order valence-corrected chi connectivity index (χ4v) is 2.96. The van der Waals surface area contributed by atoms with Crippen LogP contribution in [0.25, 0.3) is 0 Å². The summed E-state index contributed by atoms with van der Waals surface area (Å²) >= 11 is 0. The molecule has 0 bridgehead atoms. The van der Waals surface area contributed by atoms with Gasteiger partial charge in [0.05, 0.1) is 0 Å². The van der Waals surface area contributed by atoms with Gasteiger partial charge in [-0.3, -0.25) is 4.79 Å². The molecule has 3 rings (SSSR count). The molecule has 1 aliphatic heterocycles. The van der Waals surface area contributed by atoms with Crippen molar-refractivity contribution in [1.82, 2.24) is 0 Å². The largest absolute Gasteiger partial charge is 0.381 e. The van der Waals surface area contributed by atoms with Crippen molar-refractivity contribution in [3.63, 3.8) is 0 Å². The lowest BCUT2D eigenvalue weighted by atomic mass is 9.88. The molecular weight excluding hydrogens is 238 g/mol. The fourth-order valence-electron chi connectivity index (χ4n) is 2.96. The van der Waals surface area contributed by atoms with Gasteiger partial charge in [-0.1, -0.05) is 18.2 Å². The smallest absolute Gasteiger partial charge is 0.166 e. The Morgan fingerprint density at radius 1 is 1.32 bits per heavy atom. The Kier molecular flexibility index (Phi) is 3.42. The maximum absolute atomic E-state index is 12.5. The van der Waals surface area contributed by atoms with Crippen LogP contribution in [0.15, 0.2) is 24.3 Å². The number of hydrogen-bond acceptors (Lipinski definition) is 3. The van der Waals surface area contributed by atoms with Crippen LogP contribution in [-0.4, -0.2) is 25.5 Å². The van der Waals surface area contributed by atoms with Crippen molar-refractivity contribution >= 4 is 5.78 Å². The van der Waals surface area contributed by atoms with Gasteiger partial charge in [0.15, 0.2) is 5.78 Å². The molecule has 0 radical (unpaired) electrons. The highest BCUT2D eigenvalue weighted by Gasteiger charge is 2.43. The van der Waals surface area contributed by atoms with Gasteiger partial charge in [-0.05, 0) is 37.3 Å². The Hall–Kier alpha value is -1.19. The number of ketones is 1. The van der Waals surface area contributed by atoms with Crippen molar-refractivity contribution in [1.29, 1.82) is 0 Å². The molecule has 19 heavy (non-hydrogen) atoms. The molecule has 1 saturated heterocycles. The molecule has 1 aliphatic carbocycles. The van der Waals surface area contributed by atoms with Crippen molar-refractivity contribution in [2.45, 2.75) is 31.1 Å². The molecule has 0 atom stereocenters. The van der Waals surface area contributed by atoms with Crippen molar-refractivity contribution in [3.8, 4) is 0 Å². The van der Waals surface area contributed by atoms with Gasteiger partial charge in [0.25, 0.3) is 0 Å². The Bertz CT molecular complexity index is 473. The number of carbonyl (C=O) groups is 1. The third kappa shape index (κ3) is 2.45. The summed E-state index contributed by atoms with van der Waals surface area (Å²) in [6.07, 6.45) is 4.01. The average molecular weight is 259 g/mol. The van der Waals surface area contributed by atoms with Gasteiger partial charge in [0.1, 0.15) is 0 Å². The van der Waals surface area contributed by atoms with Crippen molar-refractivity contribution in [3.05, 3.63) is 35.4 Å². The molecule has 1 heterocycles. The maximum atomic E-state index is 12.5. The van der Waals surface area contributed by atoms with Gasteiger partial charge in [-0.15, -0.1) is 0 Å². The second-order valence-corrected chi connectivity index (χ2v) is 5.82. The summed E-state index contributed by atoms with van der Waals surface area (Å²) in [5.41, 5.74) is 8.12. The summed E-state index contributed by atoms with van der Waals surface area (Å²) in [4.78, 5) is 12.5.